The van der Waals surface area contributed by atoms with Gasteiger partial charge >= 0.3 is 0 Å². The average Bonchev–Trinajstić information content (AvgIpc) is 3.48. The lowest BCUT2D eigenvalue weighted by Crippen LogP contribution is -2.39. The van der Waals surface area contributed by atoms with Gasteiger partial charge in [0.25, 0.3) is 5.56 Å². The van der Waals surface area contributed by atoms with Crippen LogP contribution in [0, 0.1) is 0 Å². The Morgan fingerprint density at radius 2 is 1.94 bits per heavy atom. The minimum Gasteiger partial charge on any atom is -0.497 e. The normalized spacial score (nSPS) is 14.9. The third-order valence-electron chi connectivity index (χ3n) is 6.16. The highest BCUT2D eigenvalue weighted by Crippen LogP contribution is 2.33. The highest BCUT2D eigenvalue weighted by atomic mass is 32.1. The van der Waals surface area contributed by atoms with Crippen LogP contribution in [0.15, 0.2) is 58.3 Å². The van der Waals surface area contributed by atoms with Crippen molar-refractivity contribution in [3.8, 4) is 16.2 Å². The molecule has 4 heterocycles. The van der Waals surface area contributed by atoms with Gasteiger partial charge < -0.3 is 9.64 Å². The van der Waals surface area contributed by atoms with E-state index < -0.39 is 0 Å². The Morgan fingerprint density at radius 1 is 1.09 bits per heavy atom. The molecule has 1 aliphatic heterocycles. The number of thiophene rings is 2. The summed E-state index contributed by atoms with van der Waals surface area (Å²) in [7, 11) is 1.67. The first-order valence-corrected chi connectivity index (χ1v) is 13.0. The highest BCUT2D eigenvalue weighted by Gasteiger charge is 2.21. The van der Waals surface area contributed by atoms with E-state index >= 15 is 0 Å². The van der Waals surface area contributed by atoms with Crippen molar-refractivity contribution >= 4 is 38.8 Å². The van der Waals surface area contributed by atoms with Crippen LogP contribution < -0.4 is 10.3 Å². The van der Waals surface area contributed by atoms with Gasteiger partial charge in [-0.15, -0.1) is 22.7 Å². The van der Waals surface area contributed by atoms with Crippen LogP contribution in [0.2, 0.25) is 0 Å². The van der Waals surface area contributed by atoms with E-state index in [0.717, 1.165) is 42.2 Å². The third kappa shape index (κ3) is 4.77. The Bertz CT molecular complexity index is 1330. The number of fused-ring (bicyclic) bond motifs is 1. The van der Waals surface area contributed by atoms with Crippen LogP contribution in [0.1, 0.15) is 12.0 Å². The fraction of sp³-hybridized carbons (Fsp3) is 0.320. The van der Waals surface area contributed by atoms with Gasteiger partial charge in [0.2, 0.25) is 5.91 Å². The van der Waals surface area contributed by atoms with Crippen molar-refractivity contribution in [1.82, 2.24) is 19.4 Å². The molecule has 0 bridgehead atoms. The lowest BCUT2D eigenvalue weighted by molar-refractivity contribution is -0.131. The molecule has 0 spiro atoms. The van der Waals surface area contributed by atoms with Crippen molar-refractivity contribution in [3.63, 3.8) is 0 Å². The predicted molar refractivity (Wildman–Crippen MR) is 137 cm³/mol. The molecule has 3 aromatic heterocycles. The van der Waals surface area contributed by atoms with Crippen molar-refractivity contribution in [2.24, 2.45) is 0 Å². The lowest BCUT2D eigenvalue weighted by atomic mass is 10.2. The molecular formula is C25H26N4O3S2. The van der Waals surface area contributed by atoms with Gasteiger partial charge in [-0.1, -0.05) is 18.2 Å². The lowest BCUT2D eigenvalue weighted by Gasteiger charge is -2.22. The molecule has 176 valence electrons. The summed E-state index contributed by atoms with van der Waals surface area (Å²) in [4.78, 5) is 36.8. The van der Waals surface area contributed by atoms with E-state index in [2.05, 4.69) is 22.0 Å². The molecular weight excluding hydrogens is 468 g/mol. The largest absolute Gasteiger partial charge is 0.497 e. The maximum atomic E-state index is 13.2. The van der Waals surface area contributed by atoms with Crippen LogP contribution in [0.5, 0.6) is 5.75 Å². The molecule has 0 unspecified atom stereocenters. The second-order valence-corrected chi connectivity index (χ2v) is 10.1. The fourth-order valence-electron chi connectivity index (χ4n) is 4.31. The standard InChI is InChI=1S/C25H26N4O3S2/c1-32-19-7-5-18(6-8-19)14-27-9-3-10-28(12-11-27)22(30)15-29-17-26-24-23(25(29)31)20(16-34-24)21-4-2-13-33-21/h2,4-8,13,16-17H,3,9-12,14-15H2,1H3. The number of hydrogen-bond acceptors (Lipinski definition) is 7. The number of methoxy groups -OCH3 is 1. The van der Waals surface area contributed by atoms with E-state index in [9.17, 15) is 9.59 Å². The minimum absolute atomic E-state index is 0.0139. The number of amides is 1. The number of rotatable bonds is 6. The van der Waals surface area contributed by atoms with Gasteiger partial charge in [0, 0.05) is 48.5 Å². The van der Waals surface area contributed by atoms with Crippen molar-refractivity contribution in [2.45, 2.75) is 19.5 Å². The summed E-state index contributed by atoms with van der Waals surface area (Å²) in [5.41, 5.74) is 1.97. The number of nitrogens with zero attached hydrogens (tertiary/aromatic N) is 4. The molecule has 0 aliphatic carbocycles. The van der Waals surface area contributed by atoms with Gasteiger partial charge in [-0.05, 0) is 35.6 Å². The van der Waals surface area contributed by atoms with E-state index in [1.807, 2.05) is 39.9 Å². The second-order valence-electron chi connectivity index (χ2n) is 8.34. The molecule has 1 fully saturated rings. The van der Waals surface area contributed by atoms with Crippen molar-refractivity contribution < 1.29 is 9.53 Å². The van der Waals surface area contributed by atoms with Gasteiger partial charge in [0.05, 0.1) is 18.8 Å². The molecule has 0 atom stereocenters. The molecule has 1 amide bonds. The zero-order chi connectivity index (χ0) is 23.5. The molecule has 0 saturated carbocycles. The third-order valence-corrected chi connectivity index (χ3v) is 7.95. The van der Waals surface area contributed by atoms with Crippen LogP contribution in [-0.4, -0.2) is 58.5 Å². The van der Waals surface area contributed by atoms with Crippen LogP contribution in [0.4, 0.5) is 0 Å². The van der Waals surface area contributed by atoms with Gasteiger partial charge in [-0.2, -0.15) is 0 Å². The van der Waals surface area contributed by atoms with Crippen LogP contribution in [-0.2, 0) is 17.9 Å². The summed E-state index contributed by atoms with van der Waals surface area (Å²) in [5.74, 6) is 0.812. The molecule has 7 nitrogen and oxygen atoms in total. The molecule has 1 aliphatic rings. The number of aromatic nitrogens is 2. The number of ether oxygens (including phenoxy) is 1. The number of benzene rings is 1. The van der Waals surface area contributed by atoms with Gasteiger partial charge in [-0.3, -0.25) is 19.1 Å². The summed E-state index contributed by atoms with van der Waals surface area (Å²) in [6, 6.07) is 12.1. The number of hydrogen-bond donors (Lipinski definition) is 0. The number of carbonyl (C=O) groups is 1. The Labute approximate surface area is 205 Å². The SMILES string of the molecule is COc1ccc(CN2CCCN(C(=O)Cn3cnc4scc(-c5cccs5)c4c3=O)CC2)cc1. The molecule has 5 rings (SSSR count). The van der Waals surface area contributed by atoms with Crippen LogP contribution in [0.3, 0.4) is 0 Å². The van der Waals surface area contributed by atoms with E-state index in [4.69, 9.17) is 4.74 Å². The highest BCUT2D eigenvalue weighted by molar-refractivity contribution is 7.18. The zero-order valence-electron chi connectivity index (χ0n) is 19.0. The van der Waals surface area contributed by atoms with E-state index in [1.165, 1.54) is 27.8 Å². The zero-order valence-corrected chi connectivity index (χ0v) is 20.6. The average molecular weight is 495 g/mol. The van der Waals surface area contributed by atoms with Crippen LogP contribution in [0.25, 0.3) is 20.7 Å². The van der Waals surface area contributed by atoms with Gasteiger partial charge in [-0.25, -0.2) is 4.98 Å². The van der Waals surface area contributed by atoms with Crippen molar-refractivity contribution in [3.05, 3.63) is 69.4 Å². The smallest absolute Gasteiger partial charge is 0.263 e. The number of carbonyl (C=O) groups excluding carboxylic acids is 1. The molecule has 1 saturated heterocycles. The van der Waals surface area contributed by atoms with Crippen LogP contribution >= 0.6 is 22.7 Å². The second kappa shape index (κ2) is 10.1. The topological polar surface area (TPSA) is 67.7 Å². The fourth-order valence-corrected chi connectivity index (χ4v) is 6.03. The van der Waals surface area contributed by atoms with Gasteiger partial charge in [0.15, 0.2) is 0 Å². The van der Waals surface area contributed by atoms with Gasteiger partial charge in [0.1, 0.15) is 17.1 Å². The predicted octanol–water partition coefficient (Wildman–Crippen LogP) is 3.93. The van der Waals surface area contributed by atoms with E-state index in [1.54, 1.807) is 18.4 Å². The molecule has 34 heavy (non-hydrogen) atoms. The monoisotopic (exact) mass is 494 g/mol. The molecule has 1 aromatic carbocycles. The molecule has 0 radical (unpaired) electrons. The summed E-state index contributed by atoms with van der Waals surface area (Å²) >= 11 is 3.06. The molecule has 4 aromatic rings. The Hall–Kier alpha value is -3.01. The summed E-state index contributed by atoms with van der Waals surface area (Å²) in [6.07, 6.45) is 2.41. The maximum Gasteiger partial charge on any atom is 0.263 e. The summed E-state index contributed by atoms with van der Waals surface area (Å²) in [5, 5.41) is 4.57. The quantitative estimate of drug-likeness (QED) is 0.406. The van der Waals surface area contributed by atoms with Crippen molar-refractivity contribution in [1.29, 1.82) is 0 Å². The molecule has 9 heteroatoms. The first kappa shape index (κ1) is 22.8. The van der Waals surface area contributed by atoms with E-state index in [-0.39, 0.29) is 18.0 Å². The summed E-state index contributed by atoms with van der Waals surface area (Å²) in [6.45, 7) is 3.94. The molecule has 0 N–H and O–H groups in total. The summed E-state index contributed by atoms with van der Waals surface area (Å²) < 4.78 is 6.69. The van der Waals surface area contributed by atoms with E-state index in [0.29, 0.717) is 23.3 Å². The minimum atomic E-state index is -0.154. The maximum absolute atomic E-state index is 13.2. The first-order valence-electron chi connectivity index (χ1n) is 11.3. The van der Waals surface area contributed by atoms with Crippen molar-refractivity contribution in [2.75, 3.05) is 33.3 Å². The Morgan fingerprint density at radius 3 is 2.71 bits per heavy atom. The Balaban J connectivity index is 1.26. The Kier molecular flexibility index (Phi) is 6.75. The first-order chi connectivity index (χ1) is 16.6.